The van der Waals surface area contributed by atoms with Crippen LogP contribution in [0.4, 0.5) is 5.69 Å². The molecule has 1 aliphatic heterocycles. The lowest BCUT2D eigenvalue weighted by atomic mass is 10.0. The summed E-state index contributed by atoms with van der Waals surface area (Å²) in [4.78, 5) is 0. The number of ether oxygens (including phenoxy) is 1. The molecule has 0 radical (unpaired) electrons. The van der Waals surface area contributed by atoms with E-state index in [1.165, 1.54) is 5.56 Å². The van der Waals surface area contributed by atoms with Crippen molar-refractivity contribution in [2.75, 3.05) is 11.9 Å². The van der Waals surface area contributed by atoms with Gasteiger partial charge in [-0.05, 0) is 40.2 Å². The van der Waals surface area contributed by atoms with E-state index < -0.39 is 0 Å². The third-order valence-corrected chi connectivity index (χ3v) is 4.40. The summed E-state index contributed by atoms with van der Waals surface area (Å²) in [6.45, 7) is 0.750. The molecular weight excluding hydrogens is 370 g/mol. The second-order valence-electron chi connectivity index (χ2n) is 4.50. The van der Waals surface area contributed by atoms with Gasteiger partial charge in [0.2, 0.25) is 0 Å². The Hall–Kier alpha value is -1.00. The van der Waals surface area contributed by atoms with E-state index in [0.717, 1.165) is 33.4 Å². The number of hydrogen-bond acceptors (Lipinski definition) is 2. The van der Waals surface area contributed by atoms with Crippen molar-refractivity contribution in [3.63, 3.8) is 0 Å². The molecule has 0 spiro atoms. The largest absolute Gasteiger partial charge is 0.493 e. The van der Waals surface area contributed by atoms with Crippen LogP contribution in [0.5, 0.6) is 5.75 Å². The number of fused-ring (bicyclic) bond motifs is 1. The maximum absolute atomic E-state index is 5.68. The van der Waals surface area contributed by atoms with Gasteiger partial charge in [0.05, 0.1) is 18.3 Å². The second-order valence-corrected chi connectivity index (χ2v) is 6.27. The monoisotopic (exact) mass is 381 g/mol. The zero-order valence-electron chi connectivity index (χ0n) is 10.2. The molecule has 0 saturated heterocycles. The average molecular weight is 383 g/mol. The number of halogens is 2. The molecule has 0 saturated carbocycles. The van der Waals surface area contributed by atoms with Crippen LogP contribution in [0.2, 0.25) is 0 Å². The van der Waals surface area contributed by atoms with Gasteiger partial charge in [-0.3, -0.25) is 0 Å². The van der Waals surface area contributed by atoms with Crippen LogP contribution < -0.4 is 10.1 Å². The minimum Gasteiger partial charge on any atom is -0.493 e. The summed E-state index contributed by atoms with van der Waals surface area (Å²) in [6.07, 6.45) is 0.968. The second kappa shape index (κ2) is 5.55. The first-order valence-corrected chi connectivity index (χ1v) is 7.76. The van der Waals surface area contributed by atoms with Gasteiger partial charge in [0.25, 0.3) is 0 Å². The van der Waals surface area contributed by atoms with Gasteiger partial charge in [-0.25, -0.2) is 0 Å². The SMILES string of the molecule is Brc1ccc(Br)c(NC2CCOc3ccccc32)c1. The van der Waals surface area contributed by atoms with Gasteiger partial charge in [-0.2, -0.15) is 0 Å². The lowest BCUT2D eigenvalue weighted by molar-refractivity contribution is 0.274. The van der Waals surface area contributed by atoms with Gasteiger partial charge in [0, 0.05) is 20.9 Å². The van der Waals surface area contributed by atoms with E-state index in [4.69, 9.17) is 4.74 Å². The minimum absolute atomic E-state index is 0.288. The molecular formula is C15H13Br2NO. The van der Waals surface area contributed by atoms with Crippen molar-refractivity contribution < 1.29 is 4.74 Å². The fraction of sp³-hybridized carbons (Fsp3) is 0.200. The van der Waals surface area contributed by atoms with E-state index >= 15 is 0 Å². The molecule has 1 N–H and O–H groups in total. The van der Waals surface area contributed by atoms with Crippen LogP contribution in [-0.4, -0.2) is 6.61 Å². The Bertz CT molecular complexity index is 600. The predicted molar refractivity (Wildman–Crippen MR) is 84.8 cm³/mol. The molecule has 0 fully saturated rings. The van der Waals surface area contributed by atoms with Crippen LogP contribution in [0.1, 0.15) is 18.0 Å². The van der Waals surface area contributed by atoms with E-state index in [0.29, 0.717) is 0 Å². The molecule has 1 aliphatic rings. The molecule has 0 aliphatic carbocycles. The summed E-state index contributed by atoms with van der Waals surface area (Å²) < 4.78 is 7.82. The topological polar surface area (TPSA) is 21.3 Å². The maximum atomic E-state index is 5.68. The summed E-state index contributed by atoms with van der Waals surface area (Å²) in [5.41, 5.74) is 2.32. The Morgan fingerprint density at radius 3 is 2.84 bits per heavy atom. The summed E-state index contributed by atoms with van der Waals surface area (Å²) in [5.74, 6) is 0.984. The zero-order chi connectivity index (χ0) is 13.2. The van der Waals surface area contributed by atoms with Crippen molar-refractivity contribution in [3.8, 4) is 5.75 Å². The quantitative estimate of drug-likeness (QED) is 0.775. The molecule has 98 valence electrons. The van der Waals surface area contributed by atoms with Crippen LogP contribution in [0, 0.1) is 0 Å². The molecule has 4 heteroatoms. The summed E-state index contributed by atoms with van der Waals surface area (Å²) in [7, 11) is 0. The normalized spacial score (nSPS) is 17.5. The maximum Gasteiger partial charge on any atom is 0.124 e. The highest BCUT2D eigenvalue weighted by Crippen LogP contribution is 2.36. The van der Waals surface area contributed by atoms with E-state index in [9.17, 15) is 0 Å². The standard InChI is InChI=1S/C15H13Br2NO/c16-10-5-6-12(17)14(9-10)18-13-7-8-19-15-4-2-1-3-11(13)15/h1-6,9,13,18H,7-8H2. The zero-order valence-corrected chi connectivity index (χ0v) is 13.4. The highest BCUT2D eigenvalue weighted by atomic mass is 79.9. The summed E-state index contributed by atoms with van der Waals surface area (Å²) >= 11 is 7.09. The number of hydrogen-bond donors (Lipinski definition) is 1. The fourth-order valence-electron chi connectivity index (χ4n) is 2.29. The molecule has 0 aromatic heterocycles. The third-order valence-electron chi connectivity index (χ3n) is 3.22. The van der Waals surface area contributed by atoms with Crippen LogP contribution >= 0.6 is 31.9 Å². The predicted octanol–water partition coefficient (Wildman–Crippen LogP) is 5.15. The van der Waals surface area contributed by atoms with Crippen LogP contribution in [0.3, 0.4) is 0 Å². The fourth-order valence-corrected chi connectivity index (χ4v) is 3.01. The van der Waals surface area contributed by atoms with Crippen molar-refractivity contribution >= 4 is 37.5 Å². The van der Waals surface area contributed by atoms with Crippen molar-refractivity contribution in [1.29, 1.82) is 0 Å². The summed E-state index contributed by atoms with van der Waals surface area (Å²) in [6, 6.07) is 14.6. The molecule has 1 atom stereocenters. The Kier molecular flexibility index (Phi) is 3.80. The molecule has 2 aromatic rings. The molecule has 1 unspecified atom stereocenters. The molecule has 3 rings (SSSR count). The Morgan fingerprint density at radius 2 is 1.95 bits per heavy atom. The Labute approximate surface area is 129 Å². The van der Waals surface area contributed by atoms with E-state index in [1.807, 2.05) is 24.3 Å². The molecule has 1 heterocycles. The van der Waals surface area contributed by atoms with Gasteiger partial charge >= 0.3 is 0 Å². The van der Waals surface area contributed by atoms with Gasteiger partial charge < -0.3 is 10.1 Å². The van der Waals surface area contributed by atoms with Gasteiger partial charge in [0.15, 0.2) is 0 Å². The molecule has 19 heavy (non-hydrogen) atoms. The number of anilines is 1. The van der Waals surface area contributed by atoms with Crippen LogP contribution in [0.25, 0.3) is 0 Å². The van der Waals surface area contributed by atoms with Crippen LogP contribution in [-0.2, 0) is 0 Å². The van der Waals surface area contributed by atoms with E-state index in [-0.39, 0.29) is 6.04 Å². The number of para-hydroxylation sites is 1. The molecule has 2 nitrogen and oxygen atoms in total. The number of rotatable bonds is 2. The first-order chi connectivity index (χ1) is 9.24. The molecule has 2 aromatic carbocycles. The molecule has 0 bridgehead atoms. The van der Waals surface area contributed by atoms with Crippen molar-refractivity contribution in [1.82, 2.24) is 0 Å². The van der Waals surface area contributed by atoms with Crippen molar-refractivity contribution in [2.45, 2.75) is 12.5 Å². The van der Waals surface area contributed by atoms with Gasteiger partial charge in [-0.1, -0.05) is 34.1 Å². The number of benzene rings is 2. The lowest BCUT2D eigenvalue weighted by Crippen LogP contribution is -2.20. The summed E-state index contributed by atoms with van der Waals surface area (Å²) in [5, 5.41) is 3.59. The smallest absolute Gasteiger partial charge is 0.124 e. The minimum atomic E-state index is 0.288. The van der Waals surface area contributed by atoms with E-state index in [2.05, 4.69) is 55.4 Å². The first-order valence-electron chi connectivity index (χ1n) is 6.17. The first kappa shape index (κ1) is 13.0. The Morgan fingerprint density at radius 1 is 1.11 bits per heavy atom. The van der Waals surface area contributed by atoms with Crippen molar-refractivity contribution in [3.05, 3.63) is 57.0 Å². The third kappa shape index (κ3) is 2.79. The lowest BCUT2D eigenvalue weighted by Gasteiger charge is -2.27. The van der Waals surface area contributed by atoms with Crippen LogP contribution in [0.15, 0.2) is 51.4 Å². The Balaban J connectivity index is 1.90. The van der Waals surface area contributed by atoms with Gasteiger partial charge in [-0.15, -0.1) is 0 Å². The van der Waals surface area contributed by atoms with Crippen molar-refractivity contribution in [2.24, 2.45) is 0 Å². The highest BCUT2D eigenvalue weighted by molar-refractivity contribution is 9.11. The average Bonchev–Trinajstić information content (AvgIpc) is 2.43. The number of nitrogens with one attached hydrogen (secondary N) is 1. The van der Waals surface area contributed by atoms with Gasteiger partial charge in [0.1, 0.15) is 5.75 Å². The van der Waals surface area contributed by atoms with E-state index in [1.54, 1.807) is 0 Å². The molecule has 0 amide bonds. The highest BCUT2D eigenvalue weighted by Gasteiger charge is 2.21.